The van der Waals surface area contributed by atoms with E-state index < -0.39 is 0 Å². The third-order valence-corrected chi connectivity index (χ3v) is 5.76. The van der Waals surface area contributed by atoms with Gasteiger partial charge in [-0.25, -0.2) is 0 Å². The molecule has 0 radical (unpaired) electrons. The number of likely N-dealkylation sites (tertiary alicyclic amines) is 1. The van der Waals surface area contributed by atoms with Crippen molar-refractivity contribution in [1.29, 1.82) is 0 Å². The summed E-state index contributed by atoms with van der Waals surface area (Å²) in [6.45, 7) is 11.8. The van der Waals surface area contributed by atoms with Gasteiger partial charge in [0.25, 0.3) is 0 Å². The Morgan fingerprint density at radius 2 is 1.83 bits per heavy atom. The van der Waals surface area contributed by atoms with E-state index in [0.717, 1.165) is 12.8 Å². The maximum Gasteiger partial charge on any atom is 0.0695 e. The van der Waals surface area contributed by atoms with E-state index in [9.17, 15) is 5.11 Å². The average molecular weight is 253 g/mol. The van der Waals surface area contributed by atoms with Crippen molar-refractivity contribution in [2.45, 2.75) is 78.4 Å². The van der Waals surface area contributed by atoms with Crippen molar-refractivity contribution >= 4 is 0 Å². The van der Waals surface area contributed by atoms with Crippen LogP contribution in [0.4, 0.5) is 0 Å². The fourth-order valence-corrected chi connectivity index (χ4v) is 3.99. The van der Waals surface area contributed by atoms with Crippen molar-refractivity contribution < 1.29 is 5.11 Å². The zero-order valence-electron chi connectivity index (χ0n) is 12.7. The van der Waals surface area contributed by atoms with Crippen LogP contribution in [0.1, 0.15) is 66.2 Å². The highest BCUT2D eigenvalue weighted by Gasteiger charge is 2.43. The first-order valence-electron chi connectivity index (χ1n) is 7.83. The molecule has 1 aliphatic carbocycles. The topological polar surface area (TPSA) is 23.5 Å². The Bertz CT molecular complexity index is 283. The Kier molecular flexibility index (Phi) is 4.08. The highest BCUT2D eigenvalue weighted by Crippen LogP contribution is 2.43. The minimum Gasteiger partial charge on any atom is -0.391 e. The van der Waals surface area contributed by atoms with E-state index in [0.29, 0.717) is 16.9 Å². The number of hydrogen-bond acceptors (Lipinski definition) is 2. The molecule has 2 unspecified atom stereocenters. The fourth-order valence-electron chi connectivity index (χ4n) is 3.99. The molecule has 2 atom stereocenters. The van der Waals surface area contributed by atoms with Crippen molar-refractivity contribution in [3.8, 4) is 0 Å². The van der Waals surface area contributed by atoms with Gasteiger partial charge in [-0.1, -0.05) is 27.7 Å². The molecule has 2 rings (SSSR count). The molecule has 18 heavy (non-hydrogen) atoms. The predicted molar refractivity (Wildman–Crippen MR) is 76.6 cm³/mol. The normalized spacial score (nSPS) is 35.8. The summed E-state index contributed by atoms with van der Waals surface area (Å²) in [7, 11) is 0. The number of aliphatic hydroxyl groups excluding tert-OH is 1. The van der Waals surface area contributed by atoms with Gasteiger partial charge in [0.2, 0.25) is 0 Å². The van der Waals surface area contributed by atoms with Crippen molar-refractivity contribution in [3.05, 3.63) is 0 Å². The molecule has 0 spiro atoms. The molecule has 1 N–H and O–H groups in total. The first-order chi connectivity index (χ1) is 8.41. The van der Waals surface area contributed by atoms with E-state index >= 15 is 0 Å². The summed E-state index contributed by atoms with van der Waals surface area (Å²) in [4.78, 5) is 2.60. The molecule has 1 heterocycles. The molecule has 0 aromatic carbocycles. The number of nitrogens with zero attached hydrogens (tertiary/aromatic N) is 1. The Labute approximate surface area is 113 Å². The highest BCUT2D eigenvalue weighted by molar-refractivity contribution is 4.96. The minimum absolute atomic E-state index is 0.0949. The molecular formula is C16H31NO. The highest BCUT2D eigenvalue weighted by atomic mass is 16.3. The summed E-state index contributed by atoms with van der Waals surface area (Å²) in [5, 5.41) is 10.3. The first kappa shape index (κ1) is 14.3. The van der Waals surface area contributed by atoms with Crippen LogP contribution >= 0.6 is 0 Å². The van der Waals surface area contributed by atoms with E-state index in [-0.39, 0.29) is 6.10 Å². The van der Waals surface area contributed by atoms with Gasteiger partial charge in [-0.05, 0) is 55.9 Å². The van der Waals surface area contributed by atoms with Crippen LogP contribution in [0.2, 0.25) is 0 Å². The SMILES string of the molecule is CCC1(CC)CCN(C2CC(C)(C)CCC2O)C1. The van der Waals surface area contributed by atoms with E-state index in [1.165, 1.54) is 38.8 Å². The summed E-state index contributed by atoms with van der Waals surface area (Å²) >= 11 is 0. The maximum absolute atomic E-state index is 10.3. The third-order valence-electron chi connectivity index (χ3n) is 5.76. The Morgan fingerprint density at radius 1 is 1.17 bits per heavy atom. The molecule has 2 nitrogen and oxygen atoms in total. The zero-order chi connectivity index (χ0) is 13.4. The molecule has 1 saturated carbocycles. The van der Waals surface area contributed by atoms with E-state index in [1.807, 2.05) is 0 Å². The van der Waals surface area contributed by atoms with Gasteiger partial charge < -0.3 is 5.11 Å². The van der Waals surface area contributed by atoms with E-state index in [2.05, 4.69) is 32.6 Å². The Morgan fingerprint density at radius 3 is 2.39 bits per heavy atom. The zero-order valence-corrected chi connectivity index (χ0v) is 12.7. The fraction of sp³-hybridized carbons (Fsp3) is 1.00. The van der Waals surface area contributed by atoms with Crippen LogP contribution in [0, 0.1) is 10.8 Å². The monoisotopic (exact) mass is 253 g/mol. The molecule has 2 fully saturated rings. The molecule has 1 saturated heterocycles. The summed E-state index contributed by atoms with van der Waals surface area (Å²) in [6.07, 6.45) is 7.12. The van der Waals surface area contributed by atoms with Crippen LogP contribution in [0.15, 0.2) is 0 Å². The number of rotatable bonds is 3. The standard InChI is InChI=1S/C16H31NO/c1-5-16(6-2)9-10-17(12-16)13-11-15(3,4)8-7-14(13)18/h13-14,18H,5-12H2,1-4H3. The molecule has 2 aliphatic rings. The van der Waals surface area contributed by atoms with Gasteiger partial charge in [-0.2, -0.15) is 0 Å². The lowest BCUT2D eigenvalue weighted by Gasteiger charge is -2.43. The average Bonchev–Trinajstić information content (AvgIpc) is 2.77. The molecule has 106 valence electrons. The van der Waals surface area contributed by atoms with Gasteiger partial charge in [0.15, 0.2) is 0 Å². The summed E-state index contributed by atoms with van der Waals surface area (Å²) in [6, 6.07) is 0.411. The van der Waals surface area contributed by atoms with Crippen molar-refractivity contribution in [1.82, 2.24) is 4.90 Å². The lowest BCUT2D eigenvalue weighted by molar-refractivity contribution is -0.0127. The Hall–Kier alpha value is -0.0800. The van der Waals surface area contributed by atoms with Crippen LogP contribution in [-0.2, 0) is 0 Å². The van der Waals surface area contributed by atoms with Crippen LogP contribution in [0.5, 0.6) is 0 Å². The molecule has 0 amide bonds. The van der Waals surface area contributed by atoms with Gasteiger partial charge in [-0.15, -0.1) is 0 Å². The van der Waals surface area contributed by atoms with Crippen molar-refractivity contribution in [2.24, 2.45) is 10.8 Å². The van der Waals surface area contributed by atoms with Gasteiger partial charge in [0.1, 0.15) is 0 Å². The molecular weight excluding hydrogens is 222 g/mol. The van der Waals surface area contributed by atoms with Gasteiger partial charge in [0, 0.05) is 12.6 Å². The minimum atomic E-state index is -0.0949. The lowest BCUT2D eigenvalue weighted by Crippen LogP contribution is -2.48. The Balaban J connectivity index is 2.04. The maximum atomic E-state index is 10.3. The summed E-state index contributed by atoms with van der Waals surface area (Å²) in [5.41, 5.74) is 0.939. The van der Waals surface area contributed by atoms with Crippen LogP contribution in [-0.4, -0.2) is 35.2 Å². The quantitative estimate of drug-likeness (QED) is 0.833. The van der Waals surface area contributed by atoms with E-state index in [4.69, 9.17) is 0 Å². The molecule has 0 bridgehead atoms. The number of hydrogen-bond donors (Lipinski definition) is 1. The largest absolute Gasteiger partial charge is 0.391 e. The van der Waals surface area contributed by atoms with E-state index in [1.54, 1.807) is 0 Å². The predicted octanol–water partition coefficient (Wildman–Crippen LogP) is 3.44. The van der Waals surface area contributed by atoms with Gasteiger partial charge >= 0.3 is 0 Å². The lowest BCUT2D eigenvalue weighted by atomic mass is 9.73. The van der Waals surface area contributed by atoms with Crippen LogP contribution in [0.25, 0.3) is 0 Å². The van der Waals surface area contributed by atoms with Crippen molar-refractivity contribution in [3.63, 3.8) is 0 Å². The van der Waals surface area contributed by atoms with Crippen molar-refractivity contribution in [2.75, 3.05) is 13.1 Å². The van der Waals surface area contributed by atoms with Gasteiger partial charge in [-0.3, -0.25) is 4.90 Å². The second-order valence-electron chi connectivity index (χ2n) is 7.47. The second kappa shape index (κ2) is 5.13. The summed E-state index contributed by atoms with van der Waals surface area (Å²) < 4.78 is 0. The summed E-state index contributed by atoms with van der Waals surface area (Å²) in [5.74, 6) is 0. The van der Waals surface area contributed by atoms with Crippen LogP contribution in [0.3, 0.4) is 0 Å². The molecule has 0 aromatic rings. The third kappa shape index (κ3) is 2.75. The first-order valence-corrected chi connectivity index (χ1v) is 7.83. The number of aliphatic hydroxyl groups is 1. The molecule has 0 aromatic heterocycles. The molecule has 2 heteroatoms. The molecule has 1 aliphatic heterocycles. The smallest absolute Gasteiger partial charge is 0.0695 e. The van der Waals surface area contributed by atoms with Crippen LogP contribution < -0.4 is 0 Å². The van der Waals surface area contributed by atoms with Gasteiger partial charge in [0.05, 0.1) is 6.10 Å². The second-order valence-corrected chi connectivity index (χ2v) is 7.47.